The van der Waals surface area contributed by atoms with E-state index in [1.165, 1.54) is 6.07 Å². The summed E-state index contributed by atoms with van der Waals surface area (Å²) in [6, 6.07) is 4.59. The van der Waals surface area contributed by atoms with Crippen LogP contribution in [0.5, 0.6) is 0 Å². The lowest BCUT2D eigenvalue weighted by Crippen LogP contribution is -1.91. The van der Waals surface area contributed by atoms with Crippen LogP contribution in [-0.4, -0.2) is 5.11 Å². The van der Waals surface area contributed by atoms with Gasteiger partial charge in [0.05, 0.1) is 6.61 Å². The van der Waals surface area contributed by atoms with Crippen molar-refractivity contribution in [3.8, 4) is 0 Å². The van der Waals surface area contributed by atoms with Gasteiger partial charge in [0.1, 0.15) is 5.82 Å². The Bertz CT molecular complexity index is 281. The normalized spacial score (nSPS) is 9.83. The van der Waals surface area contributed by atoms with Crippen LogP contribution >= 0.6 is 0 Å². The Kier molecular flexibility index (Phi) is 3.00. The summed E-state index contributed by atoms with van der Waals surface area (Å²) < 4.78 is 13.0. The highest BCUT2D eigenvalue weighted by atomic mass is 19.1. The molecule has 1 aromatic rings. The minimum Gasteiger partial charge on any atom is -0.392 e. The smallest absolute Gasteiger partial charge is 0.126 e. The molecule has 1 rings (SSSR count). The molecule has 2 heteroatoms. The molecule has 0 saturated heterocycles. The Hall–Kier alpha value is -1.15. The maximum atomic E-state index is 13.0. The van der Waals surface area contributed by atoms with Gasteiger partial charge in [-0.1, -0.05) is 18.2 Å². The van der Waals surface area contributed by atoms with E-state index < -0.39 is 0 Å². The Morgan fingerprint density at radius 2 is 2.25 bits per heavy atom. The molecule has 12 heavy (non-hydrogen) atoms. The average Bonchev–Trinajstić information content (AvgIpc) is 2.09. The standard InChI is InChI=1S/C10H11FO/c1-2-3-9-6-8(7-12)4-5-10(9)11/h2,4-6,12H,1,3,7H2. The third kappa shape index (κ3) is 1.92. The van der Waals surface area contributed by atoms with Gasteiger partial charge in [-0.25, -0.2) is 4.39 Å². The maximum absolute atomic E-state index is 13.0. The molecule has 0 fully saturated rings. The van der Waals surface area contributed by atoms with E-state index in [2.05, 4.69) is 6.58 Å². The van der Waals surface area contributed by atoms with Crippen LogP contribution in [0, 0.1) is 5.82 Å². The van der Waals surface area contributed by atoms with E-state index in [4.69, 9.17) is 5.11 Å². The maximum Gasteiger partial charge on any atom is 0.126 e. The summed E-state index contributed by atoms with van der Waals surface area (Å²) >= 11 is 0. The largest absolute Gasteiger partial charge is 0.392 e. The number of allylic oxidation sites excluding steroid dienone is 1. The van der Waals surface area contributed by atoms with Gasteiger partial charge in [-0.3, -0.25) is 0 Å². The second kappa shape index (κ2) is 4.02. The lowest BCUT2D eigenvalue weighted by atomic mass is 10.1. The molecule has 0 saturated carbocycles. The van der Waals surface area contributed by atoms with Gasteiger partial charge >= 0.3 is 0 Å². The van der Waals surface area contributed by atoms with Gasteiger partial charge in [0.2, 0.25) is 0 Å². The summed E-state index contributed by atoms with van der Waals surface area (Å²) in [6.45, 7) is 3.47. The summed E-state index contributed by atoms with van der Waals surface area (Å²) in [4.78, 5) is 0. The van der Waals surface area contributed by atoms with Crippen molar-refractivity contribution in [1.82, 2.24) is 0 Å². The Morgan fingerprint density at radius 3 is 2.83 bits per heavy atom. The first kappa shape index (κ1) is 8.94. The fourth-order valence-electron chi connectivity index (χ4n) is 1.04. The van der Waals surface area contributed by atoms with Crippen molar-refractivity contribution in [3.05, 3.63) is 47.8 Å². The van der Waals surface area contributed by atoms with Crippen molar-refractivity contribution >= 4 is 0 Å². The van der Waals surface area contributed by atoms with E-state index in [1.54, 1.807) is 18.2 Å². The minimum absolute atomic E-state index is 0.0512. The molecule has 0 radical (unpaired) electrons. The first-order valence-corrected chi connectivity index (χ1v) is 3.77. The molecule has 1 nitrogen and oxygen atoms in total. The fraction of sp³-hybridized carbons (Fsp3) is 0.200. The zero-order valence-corrected chi connectivity index (χ0v) is 6.76. The molecular formula is C10H11FO. The van der Waals surface area contributed by atoms with Crippen LogP contribution in [0.15, 0.2) is 30.9 Å². The molecule has 0 amide bonds. The van der Waals surface area contributed by atoms with Crippen molar-refractivity contribution in [3.63, 3.8) is 0 Å². The van der Waals surface area contributed by atoms with Crippen molar-refractivity contribution < 1.29 is 9.50 Å². The SMILES string of the molecule is C=CCc1cc(CO)ccc1F. The van der Waals surface area contributed by atoms with Gasteiger partial charge in [0.15, 0.2) is 0 Å². The van der Waals surface area contributed by atoms with Crippen molar-refractivity contribution in [2.75, 3.05) is 0 Å². The predicted octanol–water partition coefficient (Wildman–Crippen LogP) is 2.05. The minimum atomic E-state index is -0.243. The first-order chi connectivity index (χ1) is 5.77. The van der Waals surface area contributed by atoms with Gasteiger partial charge in [0.25, 0.3) is 0 Å². The summed E-state index contributed by atoms with van der Waals surface area (Å²) in [5, 5.41) is 8.77. The highest BCUT2D eigenvalue weighted by molar-refractivity contribution is 5.26. The van der Waals surface area contributed by atoms with Crippen LogP contribution < -0.4 is 0 Å². The number of halogens is 1. The molecule has 0 heterocycles. The van der Waals surface area contributed by atoms with Crippen LogP contribution in [0.3, 0.4) is 0 Å². The summed E-state index contributed by atoms with van der Waals surface area (Å²) in [7, 11) is 0. The lowest BCUT2D eigenvalue weighted by molar-refractivity contribution is 0.281. The highest BCUT2D eigenvalue weighted by Crippen LogP contribution is 2.11. The summed E-state index contributed by atoms with van der Waals surface area (Å²) in [6.07, 6.45) is 2.14. The van der Waals surface area contributed by atoms with E-state index in [0.717, 1.165) is 5.56 Å². The Labute approximate surface area is 71.2 Å². The van der Waals surface area contributed by atoms with Crippen molar-refractivity contribution in [2.24, 2.45) is 0 Å². The van der Waals surface area contributed by atoms with Crippen molar-refractivity contribution in [2.45, 2.75) is 13.0 Å². The van der Waals surface area contributed by atoms with Gasteiger partial charge < -0.3 is 5.11 Å². The van der Waals surface area contributed by atoms with Crippen LogP contribution in [-0.2, 0) is 13.0 Å². The lowest BCUT2D eigenvalue weighted by Gasteiger charge is -2.01. The van der Waals surface area contributed by atoms with Gasteiger partial charge in [-0.2, -0.15) is 0 Å². The number of rotatable bonds is 3. The topological polar surface area (TPSA) is 20.2 Å². The number of aliphatic hydroxyl groups is 1. The van der Waals surface area contributed by atoms with E-state index in [1.807, 2.05) is 0 Å². The number of benzene rings is 1. The first-order valence-electron chi connectivity index (χ1n) is 3.77. The number of hydrogen-bond acceptors (Lipinski definition) is 1. The molecule has 0 aliphatic rings. The highest BCUT2D eigenvalue weighted by Gasteiger charge is 2.00. The molecule has 0 aromatic heterocycles. The van der Waals surface area contributed by atoms with Crippen LogP contribution in [0.4, 0.5) is 4.39 Å². The van der Waals surface area contributed by atoms with Gasteiger partial charge in [-0.15, -0.1) is 6.58 Å². The van der Waals surface area contributed by atoms with Crippen LogP contribution in [0.1, 0.15) is 11.1 Å². The molecule has 0 bridgehead atoms. The summed E-state index contributed by atoms with van der Waals surface area (Å²) in [5.41, 5.74) is 1.31. The third-order valence-electron chi connectivity index (χ3n) is 1.66. The molecule has 64 valence electrons. The van der Waals surface area contributed by atoms with Gasteiger partial charge in [0, 0.05) is 0 Å². The van der Waals surface area contributed by atoms with E-state index in [0.29, 0.717) is 12.0 Å². The molecule has 0 aliphatic carbocycles. The molecule has 0 spiro atoms. The molecule has 0 aliphatic heterocycles. The Balaban J connectivity index is 2.99. The second-order valence-electron chi connectivity index (χ2n) is 2.58. The third-order valence-corrected chi connectivity index (χ3v) is 1.66. The molecular weight excluding hydrogens is 155 g/mol. The number of aliphatic hydroxyl groups excluding tert-OH is 1. The predicted molar refractivity (Wildman–Crippen MR) is 46.2 cm³/mol. The summed E-state index contributed by atoms with van der Waals surface area (Å²) in [5.74, 6) is -0.243. The molecule has 1 N–H and O–H groups in total. The average molecular weight is 166 g/mol. The van der Waals surface area contributed by atoms with Crippen LogP contribution in [0.25, 0.3) is 0 Å². The monoisotopic (exact) mass is 166 g/mol. The van der Waals surface area contributed by atoms with Gasteiger partial charge in [-0.05, 0) is 23.6 Å². The number of hydrogen-bond donors (Lipinski definition) is 1. The molecule has 0 unspecified atom stereocenters. The zero-order chi connectivity index (χ0) is 8.97. The Morgan fingerprint density at radius 1 is 1.50 bits per heavy atom. The van der Waals surface area contributed by atoms with Crippen molar-refractivity contribution in [1.29, 1.82) is 0 Å². The molecule has 0 atom stereocenters. The van der Waals surface area contributed by atoms with E-state index in [9.17, 15) is 4.39 Å². The molecule has 1 aromatic carbocycles. The van der Waals surface area contributed by atoms with E-state index in [-0.39, 0.29) is 12.4 Å². The zero-order valence-electron chi connectivity index (χ0n) is 6.76. The fourth-order valence-corrected chi connectivity index (χ4v) is 1.04. The quantitative estimate of drug-likeness (QED) is 0.681. The second-order valence-corrected chi connectivity index (χ2v) is 2.58. The van der Waals surface area contributed by atoms with Crippen LogP contribution in [0.2, 0.25) is 0 Å². The van der Waals surface area contributed by atoms with E-state index >= 15 is 0 Å².